The van der Waals surface area contributed by atoms with E-state index in [9.17, 15) is 9.90 Å². The van der Waals surface area contributed by atoms with Gasteiger partial charge in [0.1, 0.15) is 19.3 Å². The lowest BCUT2D eigenvalue weighted by Gasteiger charge is -2.33. The van der Waals surface area contributed by atoms with Crippen LogP contribution >= 0.6 is 0 Å². The molecular weight excluding hydrogens is 408 g/mol. The topological polar surface area (TPSA) is 80.3 Å². The van der Waals surface area contributed by atoms with Crippen molar-refractivity contribution in [1.29, 1.82) is 0 Å². The Morgan fingerprint density at radius 2 is 1.69 bits per heavy atom. The number of nitrogens with one attached hydrogen (secondary N) is 1. The molecule has 2 aliphatic heterocycles. The van der Waals surface area contributed by atoms with Crippen LogP contribution in [0.2, 0.25) is 0 Å². The van der Waals surface area contributed by atoms with E-state index in [1.54, 1.807) is 0 Å². The number of morpholine rings is 1. The van der Waals surface area contributed by atoms with Crippen molar-refractivity contribution >= 4 is 5.91 Å². The molecule has 2 unspecified atom stereocenters. The van der Waals surface area contributed by atoms with Crippen LogP contribution in [0.5, 0.6) is 11.5 Å². The number of carbonyl (C=O) groups is 1. The van der Waals surface area contributed by atoms with Crippen LogP contribution in [0, 0.1) is 0 Å². The van der Waals surface area contributed by atoms with Crippen LogP contribution in [0.3, 0.4) is 0 Å². The molecule has 0 bridgehead atoms. The largest absolute Gasteiger partial charge is 0.486 e. The molecule has 0 spiro atoms. The smallest absolute Gasteiger partial charge is 0.220 e. The summed E-state index contributed by atoms with van der Waals surface area (Å²) in [5.41, 5.74) is 0.726. The van der Waals surface area contributed by atoms with Crippen LogP contribution in [-0.2, 0) is 9.53 Å². The summed E-state index contributed by atoms with van der Waals surface area (Å²) in [5, 5.41) is 14.3. The fraction of sp³-hybridized carbons (Fsp3) is 0.720. The summed E-state index contributed by atoms with van der Waals surface area (Å²) in [6.45, 7) is 6.80. The van der Waals surface area contributed by atoms with Crippen molar-refractivity contribution in [3.8, 4) is 11.5 Å². The molecule has 0 radical (unpaired) electrons. The van der Waals surface area contributed by atoms with Crippen LogP contribution in [0.1, 0.15) is 70.0 Å². The van der Waals surface area contributed by atoms with E-state index in [0.717, 1.165) is 31.5 Å². The fourth-order valence-corrected chi connectivity index (χ4v) is 4.28. The second-order valence-electron chi connectivity index (χ2n) is 8.81. The van der Waals surface area contributed by atoms with Gasteiger partial charge in [-0.15, -0.1) is 0 Å². The third-order valence-corrected chi connectivity index (χ3v) is 6.20. The van der Waals surface area contributed by atoms with Gasteiger partial charge in [0.25, 0.3) is 0 Å². The maximum absolute atomic E-state index is 12.7. The summed E-state index contributed by atoms with van der Waals surface area (Å²) in [6, 6.07) is 5.12. The van der Waals surface area contributed by atoms with Crippen LogP contribution in [-0.4, -0.2) is 68.0 Å². The second kappa shape index (κ2) is 13.7. The number of carbonyl (C=O) groups excluding carboxylic acids is 1. The van der Waals surface area contributed by atoms with Gasteiger partial charge in [-0.25, -0.2) is 0 Å². The van der Waals surface area contributed by atoms with Crippen molar-refractivity contribution in [2.24, 2.45) is 0 Å². The Kier molecular flexibility index (Phi) is 10.6. The van der Waals surface area contributed by atoms with Crippen LogP contribution in [0.4, 0.5) is 0 Å². The highest BCUT2D eigenvalue weighted by Gasteiger charge is 2.27. The lowest BCUT2D eigenvalue weighted by molar-refractivity contribution is -0.123. The Labute approximate surface area is 192 Å². The Hall–Kier alpha value is -1.83. The molecule has 0 saturated carbocycles. The van der Waals surface area contributed by atoms with E-state index in [1.807, 2.05) is 18.2 Å². The Morgan fingerprint density at radius 3 is 2.44 bits per heavy atom. The first-order chi connectivity index (χ1) is 15.7. The number of fused-ring (bicyclic) bond motifs is 1. The monoisotopic (exact) mass is 448 g/mol. The summed E-state index contributed by atoms with van der Waals surface area (Å²) >= 11 is 0. The summed E-state index contributed by atoms with van der Waals surface area (Å²) < 4.78 is 16.7. The highest BCUT2D eigenvalue weighted by molar-refractivity contribution is 5.76. The van der Waals surface area contributed by atoms with Gasteiger partial charge in [0.15, 0.2) is 11.5 Å². The van der Waals surface area contributed by atoms with E-state index < -0.39 is 12.1 Å². The summed E-state index contributed by atoms with van der Waals surface area (Å²) in [6.07, 6.45) is 7.90. The van der Waals surface area contributed by atoms with E-state index in [2.05, 4.69) is 17.1 Å². The van der Waals surface area contributed by atoms with Gasteiger partial charge in [-0.1, -0.05) is 51.5 Å². The van der Waals surface area contributed by atoms with Gasteiger partial charge in [0, 0.05) is 26.1 Å². The number of hydrogen-bond donors (Lipinski definition) is 2. The van der Waals surface area contributed by atoms with E-state index in [-0.39, 0.29) is 5.91 Å². The average molecular weight is 449 g/mol. The van der Waals surface area contributed by atoms with Crippen molar-refractivity contribution in [3.63, 3.8) is 0 Å². The minimum atomic E-state index is -0.827. The molecule has 1 aromatic carbocycles. The molecule has 2 heterocycles. The third-order valence-electron chi connectivity index (χ3n) is 6.20. The number of ether oxygens (including phenoxy) is 3. The Balaban J connectivity index is 1.55. The molecule has 1 saturated heterocycles. The number of unbranched alkanes of at least 4 members (excludes halogenated alkanes) is 6. The second-order valence-corrected chi connectivity index (χ2v) is 8.81. The summed E-state index contributed by atoms with van der Waals surface area (Å²) in [4.78, 5) is 14.9. The van der Waals surface area contributed by atoms with Crippen LogP contribution < -0.4 is 14.8 Å². The van der Waals surface area contributed by atoms with Gasteiger partial charge in [0.2, 0.25) is 5.91 Å². The molecule has 7 nitrogen and oxygen atoms in total. The number of rotatable bonds is 13. The quantitative estimate of drug-likeness (QED) is 0.450. The molecule has 3 rings (SSSR count). The summed E-state index contributed by atoms with van der Waals surface area (Å²) in [5.74, 6) is 1.35. The first-order valence-corrected chi connectivity index (χ1v) is 12.3. The van der Waals surface area contributed by atoms with E-state index in [0.29, 0.717) is 50.9 Å². The van der Waals surface area contributed by atoms with E-state index >= 15 is 0 Å². The maximum atomic E-state index is 12.7. The van der Waals surface area contributed by atoms with Gasteiger partial charge >= 0.3 is 0 Å². The zero-order chi connectivity index (χ0) is 22.6. The maximum Gasteiger partial charge on any atom is 0.220 e. The van der Waals surface area contributed by atoms with Crippen molar-refractivity contribution in [1.82, 2.24) is 10.2 Å². The standard InChI is InChI=1S/C25H40N2O5/c1-2-3-4-5-6-7-8-9-24(28)26-21(19-27-12-14-30-15-13-27)25(29)20-10-11-22-23(18-20)32-17-16-31-22/h10-11,18,21,25,29H,2-9,12-17,19H2,1H3,(H,26,28). The lowest BCUT2D eigenvalue weighted by atomic mass is 10.00. The highest BCUT2D eigenvalue weighted by atomic mass is 16.6. The van der Waals surface area contributed by atoms with Crippen molar-refractivity contribution in [2.75, 3.05) is 46.1 Å². The molecule has 180 valence electrons. The molecule has 7 heteroatoms. The minimum absolute atomic E-state index is 0.00779. The molecule has 0 aromatic heterocycles. The molecular formula is C25H40N2O5. The Morgan fingerprint density at radius 1 is 1.00 bits per heavy atom. The SMILES string of the molecule is CCCCCCCCCC(=O)NC(CN1CCOCC1)C(O)c1ccc2c(c1)OCCO2. The van der Waals surface area contributed by atoms with Gasteiger partial charge in [-0.2, -0.15) is 0 Å². The molecule has 1 amide bonds. The van der Waals surface area contributed by atoms with Crippen molar-refractivity contribution in [2.45, 2.75) is 70.4 Å². The number of nitrogens with zero attached hydrogens (tertiary/aromatic N) is 1. The van der Waals surface area contributed by atoms with E-state index in [1.165, 1.54) is 32.1 Å². The predicted molar refractivity (Wildman–Crippen MR) is 124 cm³/mol. The first-order valence-electron chi connectivity index (χ1n) is 12.3. The number of hydrogen-bond acceptors (Lipinski definition) is 6. The predicted octanol–water partition coefficient (Wildman–Crippen LogP) is 3.45. The molecule has 2 aliphatic rings. The van der Waals surface area contributed by atoms with E-state index in [4.69, 9.17) is 14.2 Å². The lowest BCUT2D eigenvalue weighted by Crippen LogP contribution is -2.49. The van der Waals surface area contributed by atoms with Gasteiger partial charge in [0.05, 0.1) is 19.3 Å². The van der Waals surface area contributed by atoms with Gasteiger partial charge in [-0.3, -0.25) is 9.69 Å². The Bertz CT molecular complexity index is 693. The van der Waals surface area contributed by atoms with Gasteiger partial charge < -0.3 is 24.6 Å². The van der Waals surface area contributed by atoms with Crippen molar-refractivity contribution < 1.29 is 24.1 Å². The number of aliphatic hydroxyl groups is 1. The molecule has 32 heavy (non-hydrogen) atoms. The molecule has 1 fully saturated rings. The minimum Gasteiger partial charge on any atom is -0.486 e. The summed E-state index contributed by atoms with van der Waals surface area (Å²) in [7, 11) is 0. The molecule has 2 N–H and O–H groups in total. The molecule has 1 aromatic rings. The number of amides is 1. The molecule has 0 aliphatic carbocycles. The number of aliphatic hydroxyl groups excluding tert-OH is 1. The third kappa shape index (κ3) is 7.94. The highest BCUT2D eigenvalue weighted by Crippen LogP contribution is 2.33. The van der Waals surface area contributed by atoms with Crippen molar-refractivity contribution in [3.05, 3.63) is 23.8 Å². The van der Waals surface area contributed by atoms with Crippen LogP contribution in [0.25, 0.3) is 0 Å². The zero-order valence-corrected chi connectivity index (χ0v) is 19.5. The number of benzene rings is 1. The fourth-order valence-electron chi connectivity index (χ4n) is 4.28. The average Bonchev–Trinajstić information content (AvgIpc) is 2.83. The molecule has 2 atom stereocenters. The zero-order valence-electron chi connectivity index (χ0n) is 19.5. The van der Waals surface area contributed by atoms with Crippen LogP contribution in [0.15, 0.2) is 18.2 Å². The normalized spacial score (nSPS) is 18.2. The first kappa shape index (κ1) is 24.8. The van der Waals surface area contributed by atoms with Gasteiger partial charge in [-0.05, 0) is 24.1 Å².